The smallest absolute Gasteiger partial charge is 0.410 e. The predicted octanol–water partition coefficient (Wildman–Crippen LogP) is 5.38. The van der Waals surface area contributed by atoms with Crippen molar-refractivity contribution in [2.24, 2.45) is 0 Å². The Bertz CT molecular complexity index is 1450. The van der Waals surface area contributed by atoms with Crippen molar-refractivity contribution < 1.29 is 23.0 Å². The highest BCUT2D eigenvalue weighted by molar-refractivity contribution is 9.10. The minimum atomic E-state index is -1.01. The molecule has 8 nitrogen and oxygen atoms in total. The zero-order chi connectivity index (χ0) is 26.4. The third kappa shape index (κ3) is 4.65. The first-order valence-corrected chi connectivity index (χ1v) is 11.9. The molecule has 1 aromatic heterocycles. The Labute approximate surface area is 214 Å². The van der Waals surface area contributed by atoms with E-state index in [-0.39, 0.29) is 28.0 Å². The number of methoxy groups -OCH3 is 1. The highest BCUT2D eigenvalue weighted by Gasteiger charge is 2.37. The van der Waals surface area contributed by atoms with Crippen molar-refractivity contribution in [2.45, 2.75) is 45.3 Å². The van der Waals surface area contributed by atoms with Crippen molar-refractivity contribution in [3.63, 3.8) is 0 Å². The molecule has 4 rings (SSSR count). The summed E-state index contributed by atoms with van der Waals surface area (Å²) in [4.78, 5) is 32.9. The number of nitrogens with zero attached hydrogens (tertiary/aromatic N) is 4. The monoisotopic (exact) mass is 560 g/mol. The zero-order valence-corrected chi connectivity index (χ0v) is 21.6. The normalized spacial score (nSPS) is 15.7. The van der Waals surface area contributed by atoms with Crippen molar-refractivity contribution in [1.82, 2.24) is 14.5 Å². The van der Waals surface area contributed by atoms with E-state index < -0.39 is 40.7 Å². The Morgan fingerprint density at radius 1 is 1.22 bits per heavy atom. The van der Waals surface area contributed by atoms with Gasteiger partial charge in [-0.15, -0.1) is 0 Å². The van der Waals surface area contributed by atoms with Gasteiger partial charge in [0, 0.05) is 23.2 Å². The molecule has 1 amide bonds. The minimum Gasteiger partial charge on any atom is -0.491 e. The van der Waals surface area contributed by atoms with Gasteiger partial charge in [0.15, 0.2) is 17.4 Å². The molecule has 1 atom stereocenters. The van der Waals surface area contributed by atoms with Crippen LogP contribution in [-0.2, 0) is 4.74 Å². The fourth-order valence-electron chi connectivity index (χ4n) is 4.25. The molecular formula is C25H23BrF2N4O4. The quantitative estimate of drug-likeness (QED) is 0.426. The third-order valence-corrected chi connectivity index (χ3v) is 6.31. The number of fused-ring (bicyclic) bond motifs is 1. The van der Waals surface area contributed by atoms with Gasteiger partial charge in [-0.2, -0.15) is 5.26 Å². The topological polar surface area (TPSA) is 97.4 Å². The molecular weight excluding hydrogens is 538 g/mol. The molecule has 11 heteroatoms. The van der Waals surface area contributed by atoms with Gasteiger partial charge in [-0.25, -0.2) is 18.6 Å². The summed E-state index contributed by atoms with van der Waals surface area (Å²) >= 11 is 3.37. The van der Waals surface area contributed by atoms with Crippen molar-refractivity contribution in [3.05, 3.63) is 62.1 Å². The number of hydrogen-bond acceptors (Lipinski definition) is 6. The third-order valence-electron chi connectivity index (χ3n) is 5.71. The van der Waals surface area contributed by atoms with Gasteiger partial charge in [-0.05, 0) is 61.7 Å². The summed E-state index contributed by atoms with van der Waals surface area (Å²) in [6.45, 7) is 5.58. The molecule has 0 spiro atoms. The Morgan fingerprint density at radius 3 is 2.47 bits per heavy atom. The van der Waals surface area contributed by atoms with Gasteiger partial charge < -0.3 is 9.47 Å². The van der Waals surface area contributed by atoms with Crippen LogP contribution in [0.15, 0.2) is 33.5 Å². The number of benzene rings is 2. The Kier molecular flexibility index (Phi) is 6.75. The summed E-state index contributed by atoms with van der Waals surface area (Å²) < 4.78 is 41.2. The first-order valence-electron chi connectivity index (χ1n) is 11.1. The van der Waals surface area contributed by atoms with Crippen LogP contribution >= 0.6 is 15.9 Å². The Morgan fingerprint density at radius 2 is 1.89 bits per heavy atom. The van der Waals surface area contributed by atoms with Crippen LogP contribution in [0.2, 0.25) is 0 Å². The van der Waals surface area contributed by atoms with Gasteiger partial charge in [-0.3, -0.25) is 14.3 Å². The van der Waals surface area contributed by atoms with Crippen molar-refractivity contribution in [3.8, 4) is 17.5 Å². The number of aromatic nitrogens is 2. The molecule has 0 N–H and O–H groups in total. The Balaban J connectivity index is 2.01. The minimum absolute atomic E-state index is 0.0723. The summed E-state index contributed by atoms with van der Waals surface area (Å²) in [5.74, 6) is -2.49. The van der Waals surface area contributed by atoms with Crippen LogP contribution in [0.5, 0.6) is 5.75 Å². The van der Waals surface area contributed by atoms with E-state index in [0.717, 1.165) is 23.8 Å². The van der Waals surface area contributed by atoms with Gasteiger partial charge >= 0.3 is 6.09 Å². The molecule has 36 heavy (non-hydrogen) atoms. The maximum absolute atomic E-state index is 14.7. The van der Waals surface area contributed by atoms with Gasteiger partial charge in [-0.1, -0.05) is 0 Å². The SMILES string of the molecule is COc1c(F)cc(-n2c(C3CCCN3C(=O)OC(C)(C)C)nc3c(Br)cc(C#N)cc3c2=O)cc1F. The highest BCUT2D eigenvalue weighted by Crippen LogP contribution is 2.35. The lowest BCUT2D eigenvalue weighted by atomic mass is 10.1. The number of nitriles is 1. The van der Waals surface area contributed by atoms with E-state index in [9.17, 15) is 23.6 Å². The first-order chi connectivity index (χ1) is 16.9. The van der Waals surface area contributed by atoms with Crippen LogP contribution in [0.4, 0.5) is 13.6 Å². The molecule has 2 aromatic carbocycles. The molecule has 0 aliphatic carbocycles. The molecule has 1 unspecified atom stereocenters. The second-order valence-electron chi connectivity index (χ2n) is 9.35. The fraction of sp³-hybridized carbons (Fsp3) is 0.360. The van der Waals surface area contributed by atoms with E-state index in [1.807, 2.05) is 6.07 Å². The Hall–Kier alpha value is -3.52. The molecule has 1 saturated heterocycles. The number of carbonyl (C=O) groups excluding carboxylic acids is 1. The maximum Gasteiger partial charge on any atom is 0.410 e. The van der Waals surface area contributed by atoms with Crippen LogP contribution in [0.3, 0.4) is 0 Å². The molecule has 1 fully saturated rings. The average molecular weight is 561 g/mol. The van der Waals surface area contributed by atoms with Gasteiger partial charge in [0.25, 0.3) is 5.56 Å². The number of amides is 1. The van der Waals surface area contributed by atoms with Crippen molar-refractivity contribution in [1.29, 1.82) is 5.26 Å². The standard InChI is InChI=1S/C25H23BrF2N4O4/c1-25(2,3)36-24(34)31-7-5-6-19(31)22-30-20-15(8-13(12-29)9-16(20)26)23(33)32(22)14-10-17(27)21(35-4)18(28)11-14/h8-11,19H,5-7H2,1-4H3. The molecule has 0 radical (unpaired) electrons. The number of likely N-dealkylation sites (tertiary alicyclic amines) is 1. The number of halogens is 3. The van der Waals surface area contributed by atoms with Crippen molar-refractivity contribution in [2.75, 3.05) is 13.7 Å². The number of rotatable bonds is 3. The van der Waals surface area contributed by atoms with Crippen LogP contribution < -0.4 is 10.3 Å². The largest absolute Gasteiger partial charge is 0.491 e. The van der Waals surface area contributed by atoms with Crippen LogP contribution in [0.25, 0.3) is 16.6 Å². The molecule has 188 valence electrons. The average Bonchev–Trinajstić information content (AvgIpc) is 3.28. The first kappa shape index (κ1) is 25.6. The van der Waals surface area contributed by atoms with E-state index in [2.05, 4.69) is 20.9 Å². The lowest BCUT2D eigenvalue weighted by Crippen LogP contribution is -2.38. The molecule has 0 bridgehead atoms. The maximum atomic E-state index is 14.7. The summed E-state index contributed by atoms with van der Waals surface area (Å²) in [5, 5.41) is 9.45. The lowest BCUT2D eigenvalue weighted by Gasteiger charge is -2.29. The fourth-order valence-corrected chi connectivity index (χ4v) is 4.80. The number of carbonyl (C=O) groups is 1. The summed E-state index contributed by atoms with van der Waals surface area (Å²) in [7, 11) is 1.13. The lowest BCUT2D eigenvalue weighted by molar-refractivity contribution is 0.0216. The van der Waals surface area contributed by atoms with E-state index in [4.69, 9.17) is 9.47 Å². The van der Waals surface area contributed by atoms with E-state index in [1.54, 1.807) is 20.8 Å². The second-order valence-corrected chi connectivity index (χ2v) is 10.2. The van der Waals surface area contributed by atoms with Gasteiger partial charge in [0.2, 0.25) is 0 Å². The summed E-state index contributed by atoms with van der Waals surface area (Å²) in [6.07, 6.45) is 0.473. The molecule has 3 aromatic rings. The van der Waals surface area contributed by atoms with E-state index in [1.165, 1.54) is 17.0 Å². The number of hydrogen-bond donors (Lipinski definition) is 0. The molecule has 1 aliphatic heterocycles. The molecule has 1 aliphatic rings. The van der Waals surface area contributed by atoms with E-state index >= 15 is 0 Å². The van der Waals surface area contributed by atoms with Crippen molar-refractivity contribution >= 4 is 32.9 Å². The second kappa shape index (κ2) is 9.50. The van der Waals surface area contributed by atoms with Gasteiger partial charge in [0.05, 0.1) is 41.4 Å². The van der Waals surface area contributed by atoms with Gasteiger partial charge in [0.1, 0.15) is 11.4 Å². The molecule has 0 saturated carbocycles. The molecule has 2 heterocycles. The van der Waals surface area contributed by atoms with E-state index in [0.29, 0.717) is 23.9 Å². The highest BCUT2D eigenvalue weighted by atomic mass is 79.9. The van der Waals surface area contributed by atoms with Crippen LogP contribution in [-0.4, -0.2) is 39.8 Å². The zero-order valence-electron chi connectivity index (χ0n) is 20.1. The predicted molar refractivity (Wildman–Crippen MR) is 131 cm³/mol. The summed E-state index contributed by atoms with van der Waals surface area (Å²) in [5.41, 5.74) is -1.06. The number of ether oxygens (including phenoxy) is 2. The summed E-state index contributed by atoms with van der Waals surface area (Å²) in [6, 6.07) is 6.11. The van der Waals surface area contributed by atoms with Crippen LogP contribution in [0, 0.1) is 23.0 Å². The van der Waals surface area contributed by atoms with Crippen LogP contribution in [0.1, 0.15) is 51.0 Å².